The van der Waals surface area contributed by atoms with Gasteiger partial charge in [0.15, 0.2) is 4.67 Å². The number of hydrogen-bond acceptors (Lipinski definition) is 3. The standard InChI is InChI=1S/C10H11Br2N3O/c1-13-8(6-3-4-16-10(6)12)9-7(11)5-14-15(9)2/h3-5,8,13H,1-2H3. The number of aromatic nitrogens is 2. The second-order valence-corrected chi connectivity index (χ2v) is 4.95. The van der Waals surface area contributed by atoms with Crippen molar-refractivity contribution in [2.45, 2.75) is 6.04 Å². The summed E-state index contributed by atoms with van der Waals surface area (Å²) in [7, 11) is 3.82. The fourth-order valence-corrected chi connectivity index (χ4v) is 2.74. The smallest absolute Gasteiger partial charge is 0.174 e. The van der Waals surface area contributed by atoms with Crippen LogP contribution < -0.4 is 5.32 Å². The van der Waals surface area contributed by atoms with Gasteiger partial charge >= 0.3 is 0 Å². The summed E-state index contributed by atoms with van der Waals surface area (Å²) in [6.07, 6.45) is 3.45. The quantitative estimate of drug-likeness (QED) is 0.927. The molecular formula is C10H11Br2N3O. The molecule has 6 heteroatoms. The van der Waals surface area contributed by atoms with Gasteiger partial charge in [-0.05, 0) is 45.0 Å². The van der Waals surface area contributed by atoms with E-state index < -0.39 is 0 Å². The molecule has 2 aromatic heterocycles. The van der Waals surface area contributed by atoms with Crippen LogP contribution >= 0.6 is 31.9 Å². The van der Waals surface area contributed by atoms with Gasteiger partial charge in [0.1, 0.15) is 0 Å². The van der Waals surface area contributed by atoms with Crippen LogP contribution in [-0.4, -0.2) is 16.8 Å². The molecule has 0 aliphatic heterocycles. The van der Waals surface area contributed by atoms with Crippen LogP contribution in [0.4, 0.5) is 0 Å². The fraction of sp³-hybridized carbons (Fsp3) is 0.300. The lowest BCUT2D eigenvalue weighted by Crippen LogP contribution is -2.20. The Morgan fingerprint density at radius 2 is 2.25 bits per heavy atom. The molecule has 86 valence electrons. The summed E-state index contributed by atoms with van der Waals surface area (Å²) < 4.78 is 8.81. The van der Waals surface area contributed by atoms with Crippen LogP contribution in [-0.2, 0) is 7.05 Å². The highest BCUT2D eigenvalue weighted by Gasteiger charge is 2.22. The minimum absolute atomic E-state index is 0.0370. The summed E-state index contributed by atoms with van der Waals surface area (Å²) in [6, 6.07) is 1.97. The van der Waals surface area contributed by atoms with E-state index in [-0.39, 0.29) is 6.04 Å². The Kier molecular flexibility index (Phi) is 3.51. The van der Waals surface area contributed by atoms with E-state index in [4.69, 9.17) is 4.42 Å². The normalized spacial score (nSPS) is 13.0. The zero-order valence-electron chi connectivity index (χ0n) is 8.87. The van der Waals surface area contributed by atoms with E-state index in [1.807, 2.05) is 24.8 Å². The number of halogens is 2. The zero-order valence-corrected chi connectivity index (χ0v) is 12.0. The molecule has 0 spiro atoms. The van der Waals surface area contributed by atoms with Crippen LogP contribution in [0.3, 0.4) is 0 Å². The van der Waals surface area contributed by atoms with Crippen molar-refractivity contribution in [3.63, 3.8) is 0 Å². The van der Waals surface area contributed by atoms with Crippen molar-refractivity contribution in [2.75, 3.05) is 7.05 Å². The van der Waals surface area contributed by atoms with Gasteiger partial charge < -0.3 is 9.73 Å². The van der Waals surface area contributed by atoms with Crippen LogP contribution in [0.1, 0.15) is 17.3 Å². The van der Waals surface area contributed by atoms with Gasteiger partial charge in [0.05, 0.1) is 28.7 Å². The zero-order chi connectivity index (χ0) is 11.7. The number of aryl methyl sites for hydroxylation is 1. The third-order valence-electron chi connectivity index (χ3n) is 2.46. The van der Waals surface area contributed by atoms with Gasteiger partial charge in [-0.1, -0.05) is 0 Å². The van der Waals surface area contributed by atoms with Gasteiger partial charge in [-0.2, -0.15) is 5.10 Å². The highest BCUT2D eigenvalue weighted by Crippen LogP contribution is 2.32. The van der Waals surface area contributed by atoms with Crippen molar-refractivity contribution in [1.82, 2.24) is 15.1 Å². The van der Waals surface area contributed by atoms with Crippen LogP contribution in [0.5, 0.6) is 0 Å². The molecule has 0 amide bonds. The van der Waals surface area contributed by atoms with Gasteiger partial charge in [0.2, 0.25) is 0 Å². The average molecular weight is 349 g/mol. The topological polar surface area (TPSA) is 43.0 Å². The average Bonchev–Trinajstić information content (AvgIpc) is 2.80. The molecule has 0 saturated heterocycles. The molecule has 0 aromatic carbocycles. The molecule has 0 fully saturated rings. The van der Waals surface area contributed by atoms with Crippen LogP contribution in [0, 0.1) is 0 Å². The van der Waals surface area contributed by atoms with E-state index >= 15 is 0 Å². The summed E-state index contributed by atoms with van der Waals surface area (Å²) in [5.74, 6) is 0. The summed E-state index contributed by atoms with van der Waals surface area (Å²) >= 11 is 6.89. The van der Waals surface area contributed by atoms with Crippen LogP contribution in [0.2, 0.25) is 0 Å². The minimum atomic E-state index is 0.0370. The lowest BCUT2D eigenvalue weighted by Gasteiger charge is -2.16. The van der Waals surface area contributed by atoms with Crippen molar-refractivity contribution in [2.24, 2.45) is 7.05 Å². The number of nitrogens with zero attached hydrogens (tertiary/aromatic N) is 2. The number of rotatable bonds is 3. The lowest BCUT2D eigenvalue weighted by molar-refractivity contribution is 0.524. The molecule has 0 saturated carbocycles. The Morgan fingerprint density at radius 3 is 2.69 bits per heavy atom. The first-order chi connectivity index (χ1) is 7.65. The number of nitrogens with one attached hydrogen (secondary N) is 1. The SMILES string of the molecule is CNC(c1ccoc1Br)c1c(Br)cnn1C. The molecular weight excluding hydrogens is 338 g/mol. The monoisotopic (exact) mass is 347 g/mol. The van der Waals surface area contributed by atoms with E-state index in [0.717, 1.165) is 20.4 Å². The Morgan fingerprint density at radius 1 is 1.50 bits per heavy atom. The third-order valence-corrected chi connectivity index (χ3v) is 3.71. The second kappa shape index (κ2) is 4.73. The molecule has 16 heavy (non-hydrogen) atoms. The predicted molar refractivity (Wildman–Crippen MR) is 68.2 cm³/mol. The van der Waals surface area contributed by atoms with E-state index in [1.165, 1.54) is 0 Å². The van der Waals surface area contributed by atoms with E-state index in [0.29, 0.717) is 0 Å². The summed E-state index contributed by atoms with van der Waals surface area (Å²) in [5.41, 5.74) is 2.11. The summed E-state index contributed by atoms with van der Waals surface area (Å²) in [5, 5.41) is 7.46. The molecule has 0 radical (unpaired) electrons. The van der Waals surface area contributed by atoms with Crippen LogP contribution in [0.15, 0.2) is 32.1 Å². The van der Waals surface area contributed by atoms with E-state index in [9.17, 15) is 0 Å². The largest absolute Gasteiger partial charge is 0.457 e. The van der Waals surface area contributed by atoms with Gasteiger partial charge in [-0.25, -0.2) is 0 Å². The molecule has 2 rings (SSSR count). The van der Waals surface area contributed by atoms with E-state index in [1.54, 1.807) is 12.5 Å². The molecule has 2 aromatic rings. The molecule has 2 heterocycles. The maximum atomic E-state index is 5.26. The maximum Gasteiger partial charge on any atom is 0.174 e. The Hall–Kier alpha value is -0.590. The molecule has 4 nitrogen and oxygen atoms in total. The lowest BCUT2D eigenvalue weighted by atomic mass is 10.1. The van der Waals surface area contributed by atoms with Gasteiger partial charge in [-0.15, -0.1) is 0 Å². The first kappa shape index (κ1) is 11.9. The van der Waals surface area contributed by atoms with Crippen LogP contribution in [0.25, 0.3) is 0 Å². The van der Waals surface area contributed by atoms with E-state index in [2.05, 4.69) is 42.3 Å². The molecule has 0 bridgehead atoms. The summed E-state index contributed by atoms with van der Waals surface area (Å²) in [6.45, 7) is 0. The minimum Gasteiger partial charge on any atom is -0.457 e. The van der Waals surface area contributed by atoms with Crippen molar-refractivity contribution < 1.29 is 4.42 Å². The number of hydrogen-bond donors (Lipinski definition) is 1. The molecule has 1 unspecified atom stereocenters. The predicted octanol–water partition coefficient (Wildman–Crippen LogP) is 2.85. The maximum absolute atomic E-state index is 5.26. The van der Waals surface area contributed by atoms with Crippen molar-refractivity contribution in [3.05, 3.63) is 38.9 Å². The fourth-order valence-electron chi connectivity index (χ4n) is 1.69. The Labute approximate surface area is 110 Å². The molecule has 1 atom stereocenters. The second-order valence-electron chi connectivity index (χ2n) is 3.37. The Bertz CT molecular complexity index is 472. The highest BCUT2D eigenvalue weighted by atomic mass is 79.9. The Balaban J connectivity index is 2.49. The summed E-state index contributed by atoms with van der Waals surface area (Å²) in [4.78, 5) is 0. The number of furan rings is 1. The van der Waals surface area contributed by atoms with Gasteiger partial charge in [0, 0.05) is 12.6 Å². The first-order valence-corrected chi connectivity index (χ1v) is 6.31. The molecule has 1 N–H and O–H groups in total. The molecule has 0 aliphatic carbocycles. The van der Waals surface area contributed by atoms with Crippen molar-refractivity contribution in [3.8, 4) is 0 Å². The first-order valence-electron chi connectivity index (χ1n) is 4.72. The van der Waals surface area contributed by atoms with Crippen molar-refractivity contribution in [1.29, 1.82) is 0 Å². The molecule has 0 aliphatic rings. The van der Waals surface area contributed by atoms with Gasteiger partial charge in [-0.3, -0.25) is 4.68 Å². The highest BCUT2D eigenvalue weighted by molar-refractivity contribution is 9.10. The third kappa shape index (κ3) is 1.97. The van der Waals surface area contributed by atoms with Gasteiger partial charge in [0.25, 0.3) is 0 Å². The van der Waals surface area contributed by atoms with Crippen molar-refractivity contribution >= 4 is 31.9 Å².